The number of carbonyl (C=O) groups is 6. The number of oxime groups is 1. The van der Waals surface area contributed by atoms with E-state index in [2.05, 4.69) is 115 Å². The van der Waals surface area contributed by atoms with Crippen LogP contribution in [0.3, 0.4) is 0 Å². The lowest BCUT2D eigenvalue weighted by molar-refractivity contribution is -0.154. The summed E-state index contributed by atoms with van der Waals surface area (Å²) >= 11 is 48.9. The quantitative estimate of drug-likeness (QED) is 0.0133. The highest BCUT2D eigenvalue weighted by molar-refractivity contribution is 8.24. The highest BCUT2D eigenvalue weighted by Gasteiger charge is 2.45. The second kappa shape index (κ2) is 39.5. The highest BCUT2D eigenvalue weighted by atomic mass is 36.0. The van der Waals surface area contributed by atoms with E-state index in [4.69, 9.17) is 103 Å². The zero-order valence-corrected chi connectivity index (χ0v) is 63.4. The third kappa shape index (κ3) is 22.0. The molecule has 562 valence electrons. The normalized spacial score (nSPS) is 12.2. The second-order valence-electron chi connectivity index (χ2n) is 20.3. The molecule has 27 nitrogen and oxygen atoms in total. The maximum atomic E-state index is 14.7. The van der Waals surface area contributed by atoms with Crippen LogP contribution in [0.25, 0.3) is 62.2 Å². The van der Waals surface area contributed by atoms with Crippen LogP contribution in [0, 0.1) is 11.7 Å². The molecular formula is C65H54Cl9F4N10O17P. The number of nitrogens with zero attached hydrogens (tertiary/aromatic N) is 8. The number of nitrogens with two attached hydrogens (primary N) is 1. The van der Waals surface area contributed by atoms with Gasteiger partial charge in [0.1, 0.15) is 45.4 Å². The minimum absolute atomic E-state index is 0.0480. The zero-order valence-electron chi connectivity index (χ0n) is 55.7. The van der Waals surface area contributed by atoms with Crippen LogP contribution in [0.4, 0.5) is 23.4 Å². The lowest BCUT2D eigenvalue weighted by atomic mass is 9.97. The molecule has 1 aliphatic heterocycles. The molecule has 0 aliphatic carbocycles. The molecule has 0 fully saturated rings. The lowest BCUT2D eigenvalue weighted by Crippen LogP contribution is -2.29. The van der Waals surface area contributed by atoms with E-state index in [1.165, 1.54) is 77.4 Å². The number of anilines is 1. The van der Waals surface area contributed by atoms with Crippen molar-refractivity contribution in [3.63, 3.8) is 0 Å². The molecule has 6 heterocycles. The van der Waals surface area contributed by atoms with Gasteiger partial charge in [-0.3, -0.25) is 14.8 Å². The van der Waals surface area contributed by atoms with Gasteiger partial charge < -0.3 is 51.5 Å². The molecule has 0 radical (unpaired) electrons. The van der Waals surface area contributed by atoms with E-state index in [9.17, 15) is 50.9 Å². The van der Waals surface area contributed by atoms with Crippen LogP contribution in [0.1, 0.15) is 73.5 Å². The number of hydrogen-bond acceptors (Lipinski definition) is 26. The van der Waals surface area contributed by atoms with Crippen molar-refractivity contribution in [3.05, 3.63) is 191 Å². The van der Waals surface area contributed by atoms with Gasteiger partial charge in [0.05, 0.1) is 57.9 Å². The van der Waals surface area contributed by atoms with Gasteiger partial charge in [0.2, 0.25) is 11.1 Å². The number of aromatic nitrogens is 6. The third-order valence-corrected chi connectivity index (χ3v) is 15.7. The Morgan fingerprint density at radius 2 is 0.991 bits per heavy atom. The maximum absolute atomic E-state index is 14.7. The summed E-state index contributed by atoms with van der Waals surface area (Å²) in [5.74, 6) is -3.21. The van der Waals surface area contributed by atoms with Crippen molar-refractivity contribution in [2.45, 2.75) is 26.9 Å². The predicted molar refractivity (Wildman–Crippen MR) is 385 cm³/mol. The molecule has 1 unspecified atom stereocenters. The molecule has 0 amide bonds. The summed E-state index contributed by atoms with van der Waals surface area (Å²) in [6.07, 6.45) is -4.52. The first-order valence-electron chi connectivity index (χ1n) is 29.6. The number of nitrogens with one attached hydrogen (secondary N) is 1. The van der Waals surface area contributed by atoms with Crippen molar-refractivity contribution in [1.82, 2.24) is 35.3 Å². The van der Waals surface area contributed by atoms with E-state index in [1.54, 1.807) is 72.8 Å². The van der Waals surface area contributed by atoms with E-state index in [0.29, 0.717) is 54.4 Å². The number of hydrazine groups is 1. The number of rotatable bonds is 16. The minimum Gasteiger partial charge on any atom is -0.468 e. The summed E-state index contributed by atoms with van der Waals surface area (Å²) in [5, 5.41) is 20.9. The first-order chi connectivity index (χ1) is 50.2. The van der Waals surface area contributed by atoms with E-state index in [0.717, 1.165) is 20.3 Å². The minimum atomic E-state index is -5.21. The van der Waals surface area contributed by atoms with Crippen molar-refractivity contribution in [3.8, 4) is 62.2 Å². The number of esters is 5. The summed E-state index contributed by atoms with van der Waals surface area (Å²) in [7, 11) is 5.69. The zero-order chi connectivity index (χ0) is 78.5. The Morgan fingerprint density at radius 3 is 1.42 bits per heavy atom. The van der Waals surface area contributed by atoms with Crippen LogP contribution in [0.2, 0.25) is 30.3 Å². The van der Waals surface area contributed by atoms with Crippen molar-refractivity contribution < 1.29 is 97.5 Å². The van der Waals surface area contributed by atoms with Crippen LogP contribution in [-0.4, -0.2) is 132 Å². The summed E-state index contributed by atoms with van der Waals surface area (Å²) in [6, 6.07) is 29.6. The standard InChI is InChI=1S/C26H14Cl2F4N4O6.C11H7Cl2NO3.C11H10ClN3O3.C11H8ClNO4.C6H15N.Cl3OP/c1-39-24(37)17-20(16-14(28)4-3-5-15(16)29)35-41-21(17)13-10-33-36(22(13)26(30,31)32)23-18(25(38)40-2)19(34-42-23)11-6-8-12(27)9-7-11;1-16-11(15)8-9(14-17-10(8)13)6-2-4-7(12)5-3-6;1-17-11(16)8-9(15-18-10(8)14-13)6-2-4-7(12)5-3-6;1-16-10(14)8-9(13-17-11(8)15)6-2-4-7(12)5-3-6;1-4-7(5-2)6-3;1-5(2,3)4/h3-10H,1-2H3;2-5H,1H3;2-5,14H,13H2,1H3;2-5,8H,1H3;4-6H2,1-3H3;. The Balaban J connectivity index is 0.000000228. The Hall–Kier alpha value is -9.08. The molecule has 5 aromatic heterocycles. The first-order valence-corrected chi connectivity index (χ1v) is 36.3. The van der Waals surface area contributed by atoms with Crippen molar-refractivity contribution in [1.29, 1.82) is 0 Å². The van der Waals surface area contributed by atoms with E-state index < -0.39 is 104 Å². The average Bonchev–Trinajstić information content (AvgIpc) is 1.58. The van der Waals surface area contributed by atoms with Gasteiger partial charge in [0.25, 0.3) is 11.8 Å². The Labute approximate surface area is 642 Å². The van der Waals surface area contributed by atoms with Crippen LogP contribution < -0.4 is 11.3 Å². The predicted octanol–water partition coefficient (Wildman–Crippen LogP) is 17.9. The molecule has 0 bridgehead atoms. The first kappa shape index (κ1) is 85.8. The largest absolute Gasteiger partial charge is 0.468 e. The van der Waals surface area contributed by atoms with E-state index in [1.807, 2.05) is 0 Å². The smallest absolute Gasteiger partial charge is 0.434 e. The second-order valence-corrected chi connectivity index (χ2v) is 29.4. The third-order valence-electron chi connectivity index (χ3n) is 14.1. The van der Waals surface area contributed by atoms with Gasteiger partial charge in [-0.1, -0.05) is 159 Å². The number of ether oxygens (including phenoxy) is 5. The summed E-state index contributed by atoms with van der Waals surface area (Å²) in [4.78, 5) is 78.4. The SMILES string of the molecule is CCN(CC)CC.COC(=O)C1C(=O)ON=C1c1ccc(Cl)cc1.COC(=O)c1c(-c2c(F)cccc2Cl)noc1-c1cnn(-c2onc(-c3ccc(Cl)cc3)c2C(=O)OC)c1C(F)(F)F.COC(=O)c1c(-c2ccc(Cl)cc2)noc1Cl.COC(=O)c1c(-c2ccc(Cl)cc2)noc1NN.O=P(Cl)(Cl)Cl. The average molecular weight is 1670 g/mol. The topological polar surface area (TPSA) is 350 Å². The summed E-state index contributed by atoms with van der Waals surface area (Å²) in [6.45, 7) is 10.1. The maximum Gasteiger partial charge on any atom is 0.434 e. The number of nitrogen functional groups attached to an aromatic ring is 1. The summed E-state index contributed by atoms with van der Waals surface area (Å²) < 4.78 is 112. The van der Waals surface area contributed by atoms with E-state index >= 15 is 0 Å². The van der Waals surface area contributed by atoms with Crippen LogP contribution in [-0.2, 0) is 48.9 Å². The number of carbonyl (C=O) groups excluding carboxylic acids is 6. The van der Waals surface area contributed by atoms with Gasteiger partial charge in [0, 0.05) is 42.3 Å². The fourth-order valence-electron chi connectivity index (χ4n) is 9.10. The molecule has 0 spiro atoms. The molecule has 0 saturated carbocycles. The van der Waals surface area contributed by atoms with E-state index in [-0.39, 0.29) is 48.9 Å². The number of benzene rings is 5. The molecule has 11 rings (SSSR count). The van der Waals surface area contributed by atoms with Crippen molar-refractivity contribution >= 4 is 156 Å². The van der Waals surface area contributed by atoms with Crippen LogP contribution >= 0.6 is 109 Å². The van der Waals surface area contributed by atoms with Gasteiger partial charge in [-0.05, 0) is 126 Å². The Kier molecular flexibility index (Phi) is 32.0. The van der Waals surface area contributed by atoms with Gasteiger partial charge in [0.15, 0.2) is 22.6 Å². The molecule has 10 aromatic rings. The molecule has 3 N–H and O–H groups in total. The monoisotopic (exact) mass is 1670 g/mol. The molecule has 1 aliphatic rings. The molecular weight excluding hydrogens is 1620 g/mol. The van der Waals surface area contributed by atoms with Crippen LogP contribution in [0.15, 0.2) is 145 Å². The number of hydrogen-bond donors (Lipinski definition) is 2. The van der Waals surface area contributed by atoms with Crippen molar-refractivity contribution in [2.75, 3.05) is 60.6 Å². The van der Waals surface area contributed by atoms with Gasteiger partial charge in [-0.25, -0.2) is 34.2 Å². The number of halogens is 13. The molecule has 41 heteroatoms. The molecule has 5 aromatic carbocycles. The molecule has 0 saturated heterocycles. The van der Waals surface area contributed by atoms with Gasteiger partial charge in [-0.15, -0.1) is 0 Å². The lowest BCUT2D eigenvalue weighted by Gasteiger charge is -2.13. The molecule has 106 heavy (non-hydrogen) atoms. The number of alkyl halides is 3. The molecule has 1 atom stereocenters. The number of methoxy groups -OCH3 is 5. The summed E-state index contributed by atoms with van der Waals surface area (Å²) in [5.41, 5.74) is 0.989. The van der Waals surface area contributed by atoms with Gasteiger partial charge >= 0.3 is 47.2 Å². The Morgan fingerprint density at radius 1 is 0.575 bits per heavy atom. The fourth-order valence-corrected chi connectivity index (χ4v) is 10.1. The van der Waals surface area contributed by atoms with Gasteiger partial charge in [-0.2, -0.15) is 23.0 Å². The fraction of sp³-hybridized carbons (Fsp3) is 0.200. The van der Waals surface area contributed by atoms with Crippen molar-refractivity contribution in [2.24, 2.45) is 16.9 Å². The highest BCUT2D eigenvalue weighted by Crippen LogP contribution is 2.61. The Bertz CT molecular complexity index is 4770. The van der Waals surface area contributed by atoms with Crippen LogP contribution in [0.5, 0.6) is 0 Å².